The Morgan fingerprint density at radius 2 is 1.73 bits per heavy atom. The third-order valence-electron chi connectivity index (χ3n) is 4.57. The molecule has 30 heavy (non-hydrogen) atoms. The van der Waals surface area contributed by atoms with E-state index < -0.39 is 6.09 Å². The standard InChI is InChI=1S/C22H28N6O2/c1-14(2)12-28(13-15(3)4)20-10-9-16(11-19(20)23-22(29)30)17-7-5-6-8-18(17)21-24-26-27-25-21/h5-11,14-15,23H,12-13H2,1-4H3,(H,29,30)(H,24,25,26,27). The van der Waals surface area contributed by atoms with Crippen LogP contribution in [-0.2, 0) is 0 Å². The molecule has 0 aliphatic rings. The molecule has 1 amide bonds. The number of tetrazole rings is 1. The van der Waals surface area contributed by atoms with Gasteiger partial charge in [-0.05, 0) is 40.3 Å². The first-order chi connectivity index (χ1) is 14.3. The van der Waals surface area contributed by atoms with Gasteiger partial charge in [-0.2, -0.15) is 5.21 Å². The molecule has 8 nitrogen and oxygen atoms in total. The lowest BCUT2D eigenvalue weighted by molar-refractivity contribution is 0.210. The number of hydrogen-bond donors (Lipinski definition) is 3. The van der Waals surface area contributed by atoms with Crippen molar-refractivity contribution in [1.29, 1.82) is 0 Å². The van der Waals surface area contributed by atoms with Crippen LogP contribution in [-0.4, -0.2) is 44.9 Å². The van der Waals surface area contributed by atoms with Crippen LogP contribution in [0, 0.1) is 11.8 Å². The molecule has 1 aromatic heterocycles. The average Bonchev–Trinajstić information content (AvgIpc) is 3.21. The van der Waals surface area contributed by atoms with E-state index in [1.54, 1.807) is 0 Å². The Kier molecular flexibility index (Phi) is 6.66. The number of nitrogens with zero attached hydrogens (tertiary/aromatic N) is 4. The van der Waals surface area contributed by atoms with Crippen LogP contribution in [0.3, 0.4) is 0 Å². The molecule has 0 atom stereocenters. The summed E-state index contributed by atoms with van der Waals surface area (Å²) in [5, 5.41) is 26.3. The van der Waals surface area contributed by atoms with E-state index in [1.165, 1.54) is 0 Å². The van der Waals surface area contributed by atoms with Crippen LogP contribution >= 0.6 is 0 Å². The Hall–Kier alpha value is -3.42. The summed E-state index contributed by atoms with van der Waals surface area (Å²) in [6, 6.07) is 13.6. The summed E-state index contributed by atoms with van der Waals surface area (Å²) in [5.74, 6) is 1.38. The minimum atomic E-state index is -1.09. The SMILES string of the molecule is CC(C)CN(CC(C)C)c1ccc(-c2ccccc2-c2nn[nH]n2)cc1NC(=O)O. The Labute approximate surface area is 176 Å². The first kappa shape index (κ1) is 21.3. The number of aromatic amines is 1. The van der Waals surface area contributed by atoms with E-state index >= 15 is 0 Å². The molecular weight excluding hydrogens is 380 g/mol. The molecule has 0 aliphatic heterocycles. The highest BCUT2D eigenvalue weighted by atomic mass is 16.4. The minimum Gasteiger partial charge on any atom is -0.465 e. The van der Waals surface area contributed by atoms with E-state index in [1.807, 2.05) is 42.5 Å². The highest BCUT2D eigenvalue weighted by molar-refractivity contribution is 5.92. The first-order valence-electron chi connectivity index (χ1n) is 10.1. The molecule has 8 heteroatoms. The molecule has 3 rings (SSSR count). The predicted octanol–water partition coefficient (Wildman–Crippen LogP) is 4.74. The largest absolute Gasteiger partial charge is 0.465 e. The normalized spacial score (nSPS) is 11.1. The third-order valence-corrected chi connectivity index (χ3v) is 4.57. The van der Waals surface area contributed by atoms with Gasteiger partial charge >= 0.3 is 6.09 Å². The topological polar surface area (TPSA) is 107 Å². The van der Waals surface area contributed by atoms with Crippen LogP contribution in [0.4, 0.5) is 16.2 Å². The Balaban J connectivity index is 2.09. The number of carboxylic acid groups (broad SMARTS) is 1. The third kappa shape index (κ3) is 5.14. The molecular formula is C22H28N6O2. The zero-order valence-corrected chi connectivity index (χ0v) is 17.8. The van der Waals surface area contributed by atoms with Gasteiger partial charge in [-0.3, -0.25) is 5.32 Å². The molecule has 0 aliphatic carbocycles. The molecule has 0 bridgehead atoms. The number of rotatable bonds is 8. The van der Waals surface area contributed by atoms with Crippen LogP contribution in [0.2, 0.25) is 0 Å². The van der Waals surface area contributed by atoms with Gasteiger partial charge in [-0.1, -0.05) is 58.0 Å². The van der Waals surface area contributed by atoms with Crippen LogP contribution in [0.5, 0.6) is 0 Å². The summed E-state index contributed by atoms with van der Waals surface area (Å²) in [4.78, 5) is 13.8. The molecule has 158 valence electrons. The van der Waals surface area contributed by atoms with Crippen LogP contribution in [0.25, 0.3) is 22.5 Å². The second-order valence-electron chi connectivity index (χ2n) is 8.14. The maximum absolute atomic E-state index is 11.5. The number of benzene rings is 2. The van der Waals surface area contributed by atoms with Crippen LogP contribution < -0.4 is 10.2 Å². The number of anilines is 2. The molecule has 1 heterocycles. The lowest BCUT2D eigenvalue weighted by Crippen LogP contribution is -2.32. The zero-order chi connectivity index (χ0) is 21.7. The molecule has 0 radical (unpaired) electrons. The van der Waals surface area contributed by atoms with Crippen molar-refractivity contribution in [1.82, 2.24) is 20.6 Å². The Morgan fingerprint density at radius 1 is 1.07 bits per heavy atom. The van der Waals surface area contributed by atoms with Crippen molar-refractivity contribution in [2.24, 2.45) is 11.8 Å². The molecule has 0 fully saturated rings. The van der Waals surface area contributed by atoms with E-state index in [-0.39, 0.29) is 0 Å². The van der Waals surface area contributed by atoms with E-state index in [9.17, 15) is 9.90 Å². The fourth-order valence-corrected chi connectivity index (χ4v) is 3.55. The number of hydrogen-bond acceptors (Lipinski definition) is 5. The number of carbonyl (C=O) groups is 1. The smallest absolute Gasteiger partial charge is 0.409 e. The molecule has 3 aromatic rings. The van der Waals surface area contributed by atoms with Crippen molar-refractivity contribution in [3.63, 3.8) is 0 Å². The first-order valence-corrected chi connectivity index (χ1v) is 10.1. The maximum Gasteiger partial charge on any atom is 0.409 e. The maximum atomic E-state index is 11.5. The van der Waals surface area contributed by atoms with Crippen molar-refractivity contribution in [3.05, 3.63) is 42.5 Å². The second kappa shape index (κ2) is 9.39. The van der Waals surface area contributed by atoms with Gasteiger partial charge in [0.2, 0.25) is 5.82 Å². The summed E-state index contributed by atoms with van der Waals surface area (Å²) in [6.45, 7) is 10.3. The van der Waals surface area contributed by atoms with Crippen LogP contribution in [0.1, 0.15) is 27.7 Å². The van der Waals surface area contributed by atoms with Gasteiger partial charge in [0.05, 0.1) is 11.4 Å². The zero-order valence-electron chi connectivity index (χ0n) is 17.8. The van der Waals surface area contributed by atoms with Gasteiger partial charge in [0.1, 0.15) is 0 Å². The van der Waals surface area contributed by atoms with Gasteiger partial charge in [-0.25, -0.2) is 4.79 Å². The fraction of sp³-hybridized carbons (Fsp3) is 0.364. The highest BCUT2D eigenvalue weighted by Crippen LogP contribution is 2.36. The molecule has 0 saturated heterocycles. The average molecular weight is 409 g/mol. The highest BCUT2D eigenvalue weighted by Gasteiger charge is 2.18. The van der Waals surface area contributed by atoms with Crippen molar-refractivity contribution in [2.75, 3.05) is 23.3 Å². The lowest BCUT2D eigenvalue weighted by atomic mass is 9.98. The van der Waals surface area contributed by atoms with Crippen molar-refractivity contribution >= 4 is 17.5 Å². The lowest BCUT2D eigenvalue weighted by Gasteiger charge is -2.30. The number of amides is 1. The summed E-state index contributed by atoms with van der Waals surface area (Å²) in [5.41, 5.74) is 4.03. The molecule has 0 unspecified atom stereocenters. The van der Waals surface area contributed by atoms with E-state index in [0.717, 1.165) is 35.5 Å². The molecule has 3 N–H and O–H groups in total. The van der Waals surface area contributed by atoms with Gasteiger partial charge < -0.3 is 10.0 Å². The van der Waals surface area contributed by atoms with Crippen LogP contribution in [0.15, 0.2) is 42.5 Å². The Bertz CT molecular complexity index is 975. The fourth-order valence-electron chi connectivity index (χ4n) is 3.55. The van der Waals surface area contributed by atoms with E-state index in [4.69, 9.17) is 0 Å². The number of nitrogens with one attached hydrogen (secondary N) is 2. The van der Waals surface area contributed by atoms with Gasteiger partial charge in [0.25, 0.3) is 0 Å². The van der Waals surface area contributed by atoms with E-state index in [0.29, 0.717) is 23.3 Å². The predicted molar refractivity (Wildman–Crippen MR) is 119 cm³/mol. The molecule has 0 saturated carbocycles. The number of aromatic nitrogens is 4. The van der Waals surface area contributed by atoms with Gasteiger partial charge in [0, 0.05) is 18.7 Å². The second-order valence-corrected chi connectivity index (χ2v) is 8.14. The van der Waals surface area contributed by atoms with E-state index in [2.05, 4.69) is 58.5 Å². The van der Waals surface area contributed by atoms with Gasteiger partial charge in [0.15, 0.2) is 0 Å². The number of H-pyrrole nitrogens is 1. The van der Waals surface area contributed by atoms with Crippen molar-refractivity contribution < 1.29 is 9.90 Å². The summed E-state index contributed by atoms with van der Waals surface area (Å²) >= 11 is 0. The Morgan fingerprint density at radius 3 is 2.30 bits per heavy atom. The van der Waals surface area contributed by atoms with Crippen molar-refractivity contribution in [3.8, 4) is 22.5 Å². The van der Waals surface area contributed by atoms with Gasteiger partial charge in [-0.15, -0.1) is 10.2 Å². The molecule has 2 aromatic carbocycles. The monoisotopic (exact) mass is 408 g/mol. The summed E-state index contributed by atoms with van der Waals surface area (Å²) < 4.78 is 0. The summed E-state index contributed by atoms with van der Waals surface area (Å²) in [6.07, 6.45) is -1.09. The minimum absolute atomic E-state index is 0.445. The summed E-state index contributed by atoms with van der Waals surface area (Å²) in [7, 11) is 0. The molecule has 0 spiro atoms. The van der Waals surface area contributed by atoms with Crippen molar-refractivity contribution in [2.45, 2.75) is 27.7 Å². The quantitative estimate of drug-likeness (QED) is 0.497.